The lowest BCUT2D eigenvalue weighted by Crippen LogP contribution is -2.06. The Balaban J connectivity index is 2.46. The minimum Gasteiger partial charge on any atom is -0.434 e. The van der Waals surface area contributed by atoms with Crippen molar-refractivity contribution < 1.29 is 22.8 Å². The fraction of sp³-hybridized carbons (Fsp3) is 0.0833. The zero-order valence-electron chi connectivity index (χ0n) is 11.0. The zero-order valence-corrected chi connectivity index (χ0v) is 14.0. The van der Waals surface area contributed by atoms with Crippen LogP contribution in [0.3, 0.4) is 0 Å². The van der Waals surface area contributed by atoms with Gasteiger partial charge in [-0.15, -0.1) is 0 Å². The van der Waals surface area contributed by atoms with Gasteiger partial charge in [0.2, 0.25) is 5.88 Å². The monoisotopic (exact) mass is 420 g/mol. The van der Waals surface area contributed by atoms with Crippen LogP contribution in [0.2, 0.25) is 20.1 Å². The van der Waals surface area contributed by atoms with Gasteiger partial charge in [-0.05, 0) is 6.07 Å². The first-order valence-electron chi connectivity index (χ1n) is 5.75. The molecule has 1 aromatic heterocycles. The lowest BCUT2D eigenvalue weighted by molar-refractivity contribution is -0.384. The Morgan fingerprint density at radius 2 is 1.71 bits per heavy atom. The van der Waals surface area contributed by atoms with Gasteiger partial charge in [-0.3, -0.25) is 10.1 Å². The molecule has 128 valence electrons. The summed E-state index contributed by atoms with van der Waals surface area (Å²) >= 11 is 23.1. The molecule has 0 saturated heterocycles. The van der Waals surface area contributed by atoms with Crippen LogP contribution < -0.4 is 4.74 Å². The molecule has 12 heteroatoms. The van der Waals surface area contributed by atoms with E-state index in [2.05, 4.69) is 4.98 Å². The van der Waals surface area contributed by atoms with Crippen LogP contribution in [0.4, 0.5) is 18.9 Å². The van der Waals surface area contributed by atoms with E-state index in [-0.39, 0.29) is 10.8 Å². The number of nitro groups is 1. The molecule has 0 atom stereocenters. The molecule has 0 radical (unpaired) electrons. The van der Waals surface area contributed by atoms with Crippen molar-refractivity contribution in [3.63, 3.8) is 0 Å². The summed E-state index contributed by atoms with van der Waals surface area (Å²) in [6.07, 6.45) is -4.14. The molecule has 1 heterocycles. The first-order chi connectivity index (χ1) is 11.0. The van der Waals surface area contributed by atoms with Crippen LogP contribution in [0.25, 0.3) is 0 Å². The molecule has 0 aliphatic rings. The van der Waals surface area contributed by atoms with Crippen molar-refractivity contribution in [2.45, 2.75) is 6.18 Å². The number of hydrogen-bond donors (Lipinski definition) is 0. The van der Waals surface area contributed by atoms with E-state index in [1.54, 1.807) is 0 Å². The van der Waals surface area contributed by atoms with E-state index in [0.717, 1.165) is 6.07 Å². The number of aromatic nitrogens is 1. The maximum absolute atomic E-state index is 12.6. The predicted octanol–water partition coefficient (Wildman–Crippen LogP) is 6.41. The van der Waals surface area contributed by atoms with E-state index >= 15 is 0 Å². The standard InChI is InChI=1S/C12H3Cl4F3N2O3/c13-5-2-7(21(22)23)8(15)9(16)10(5)24-11-6(14)1-4(3-20-11)12(17,18)19/h1-3H. The van der Waals surface area contributed by atoms with Crippen molar-refractivity contribution in [3.05, 3.63) is 54.1 Å². The van der Waals surface area contributed by atoms with Gasteiger partial charge in [0.1, 0.15) is 15.1 Å². The number of nitrogens with zero attached hydrogens (tertiary/aromatic N) is 2. The lowest BCUT2D eigenvalue weighted by Gasteiger charge is -2.12. The van der Waals surface area contributed by atoms with E-state index < -0.39 is 43.3 Å². The highest BCUT2D eigenvalue weighted by Crippen LogP contribution is 2.46. The van der Waals surface area contributed by atoms with Crippen molar-refractivity contribution in [2.75, 3.05) is 0 Å². The Morgan fingerprint density at radius 3 is 2.21 bits per heavy atom. The zero-order chi connectivity index (χ0) is 18.2. The van der Waals surface area contributed by atoms with Gasteiger partial charge in [-0.1, -0.05) is 46.4 Å². The average molecular weight is 422 g/mol. The van der Waals surface area contributed by atoms with Crippen LogP contribution in [-0.2, 0) is 6.18 Å². The first kappa shape index (κ1) is 18.9. The molecule has 1 aromatic carbocycles. The number of alkyl halides is 3. The van der Waals surface area contributed by atoms with Crippen molar-refractivity contribution >= 4 is 52.1 Å². The Kier molecular flexibility index (Phi) is 5.34. The van der Waals surface area contributed by atoms with Crippen LogP contribution in [-0.4, -0.2) is 9.91 Å². The molecular weight excluding hydrogens is 419 g/mol. The third-order valence-electron chi connectivity index (χ3n) is 2.63. The molecule has 2 rings (SSSR count). The number of benzene rings is 1. The van der Waals surface area contributed by atoms with Crippen molar-refractivity contribution in [3.8, 4) is 11.6 Å². The van der Waals surface area contributed by atoms with Gasteiger partial charge in [-0.2, -0.15) is 13.2 Å². The van der Waals surface area contributed by atoms with Gasteiger partial charge >= 0.3 is 6.18 Å². The molecule has 0 aliphatic carbocycles. The molecule has 24 heavy (non-hydrogen) atoms. The summed E-state index contributed by atoms with van der Waals surface area (Å²) in [7, 11) is 0. The summed E-state index contributed by atoms with van der Waals surface area (Å²) in [5.74, 6) is -0.763. The van der Waals surface area contributed by atoms with Gasteiger partial charge in [-0.25, -0.2) is 4.98 Å². The number of hydrogen-bond acceptors (Lipinski definition) is 4. The van der Waals surface area contributed by atoms with Crippen LogP contribution in [0, 0.1) is 10.1 Å². The maximum Gasteiger partial charge on any atom is 0.417 e. The van der Waals surface area contributed by atoms with Crippen molar-refractivity contribution in [1.29, 1.82) is 0 Å². The highest BCUT2D eigenvalue weighted by Gasteiger charge is 2.32. The van der Waals surface area contributed by atoms with Gasteiger partial charge in [0.15, 0.2) is 5.75 Å². The number of halogens is 7. The molecule has 0 spiro atoms. The minimum atomic E-state index is -4.64. The Labute approximate surface area is 152 Å². The van der Waals surface area contributed by atoms with Crippen molar-refractivity contribution in [1.82, 2.24) is 4.98 Å². The third kappa shape index (κ3) is 3.77. The van der Waals surface area contributed by atoms with Crippen LogP contribution in [0.1, 0.15) is 5.56 Å². The molecule has 0 N–H and O–H groups in total. The molecule has 0 saturated carbocycles. The summed E-state index contributed by atoms with van der Waals surface area (Å²) < 4.78 is 42.9. The fourth-order valence-electron chi connectivity index (χ4n) is 1.54. The molecule has 0 amide bonds. The summed E-state index contributed by atoms with van der Waals surface area (Å²) in [5, 5.41) is 9.18. The van der Waals surface area contributed by atoms with E-state index in [0.29, 0.717) is 12.3 Å². The van der Waals surface area contributed by atoms with Gasteiger partial charge in [0.05, 0.1) is 15.5 Å². The second kappa shape index (κ2) is 6.79. The summed E-state index contributed by atoms with van der Waals surface area (Å²) in [6.45, 7) is 0. The summed E-state index contributed by atoms with van der Waals surface area (Å²) in [6, 6.07) is 1.47. The van der Waals surface area contributed by atoms with E-state index in [9.17, 15) is 23.3 Å². The molecular formula is C12H3Cl4F3N2O3. The highest BCUT2D eigenvalue weighted by atomic mass is 35.5. The van der Waals surface area contributed by atoms with Gasteiger partial charge in [0, 0.05) is 12.3 Å². The third-order valence-corrected chi connectivity index (χ3v) is 4.02. The second-order valence-electron chi connectivity index (χ2n) is 4.20. The molecule has 5 nitrogen and oxygen atoms in total. The normalized spacial score (nSPS) is 11.5. The smallest absolute Gasteiger partial charge is 0.417 e. The molecule has 0 unspecified atom stereocenters. The van der Waals surface area contributed by atoms with Crippen LogP contribution in [0.5, 0.6) is 11.6 Å². The molecule has 0 fully saturated rings. The largest absolute Gasteiger partial charge is 0.434 e. The fourth-order valence-corrected chi connectivity index (χ4v) is 2.48. The van der Waals surface area contributed by atoms with E-state index in [4.69, 9.17) is 51.1 Å². The topological polar surface area (TPSA) is 65.3 Å². The first-order valence-corrected chi connectivity index (χ1v) is 7.26. The highest BCUT2D eigenvalue weighted by molar-refractivity contribution is 6.46. The summed E-state index contributed by atoms with van der Waals surface area (Å²) in [5.41, 5.74) is -1.65. The molecule has 2 aromatic rings. The lowest BCUT2D eigenvalue weighted by atomic mass is 10.3. The molecule has 0 aliphatic heterocycles. The number of rotatable bonds is 3. The van der Waals surface area contributed by atoms with Crippen molar-refractivity contribution in [2.24, 2.45) is 0 Å². The second-order valence-corrected chi connectivity index (χ2v) is 5.77. The van der Waals surface area contributed by atoms with Gasteiger partial charge in [0.25, 0.3) is 5.69 Å². The number of ether oxygens (including phenoxy) is 1. The number of nitro benzene ring substituents is 1. The minimum absolute atomic E-state index is 0.297. The van der Waals surface area contributed by atoms with E-state index in [1.807, 2.05) is 0 Å². The number of pyridine rings is 1. The quantitative estimate of drug-likeness (QED) is 0.326. The van der Waals surface area contributed by atoms with Crippen LogP contribution in [0.15, 0.2) is 18.3 Å². The summed E-state index contributed by atoms with van der Waals surface area (Å²) in [4.78, 5) is 13.4. The maximum atomic E-state index is 12.6. The Morgan fingerprint density at radius 1 is 1.08 bits per heavy atom. The predicted molar refractivity (Wildman–Crippen MR) is 82.4 cm³/mol. The SMILES string of the molecule is O=[N+]([O-])c1cc(Cl)c(Oc2ncc(C(F)(F)F)cc2Cl)c(Cl)c1Cl. The van der Waals surface area contributed by atoms with Crippen LogP contribution >= 0.6 is 46.4 Å². The Hall–Kier alpha value is -1.48. The van der Waals surface area contributed by atoms with Gasteiger partial charge < -0.3 is 4.74 Å². The average Bonchev–Trinajstić information content (AvgIpc) is 2.47. The molecule has 0 bridgehead atoms. The Bertz CT molecular complexity index is 830. The van der Waals surface area contributed by atoms with E-state index in [1.165, 1.54) is 0 Å².